The van der Waals surface area contributed by atoms with Crippen LogP contribution in [-0.4, -0.2) is 20.3 Å². The molecule has 0 amide bonds. The topological polar surface area (TPSA) is 30.5 Å². The lowest BCUT2D eigenvalue weighted by atomic mass is 10.2. The summed E-state index contributed by atoms with van der Waals surface area (Å²) in [5, 5.41) is 2.05. The van der Waals surface area contributed by atoms with Crippen molar-refractivity contribution in [2.45, 2.75) is 6.04 Å². The second-order valence-electron chi connectivity index (χ2n) is 3.55. The van der Waals surface area contributed by atoms with E-state index < -0.39 is 0 Å². The maximum absolute atomic E-state index is 5.98. The molecule has 18 heavy (non-hydrogen) atoms. The first-order valence-electron chi connectivity index (χ1n) is 5.46. The maximum atomic E-state index is 5.98. The summed E-state index contributed by atoms with van der Waals surface area (Å²) in [6, 6.07) is 8.05. The highest BCUT2D eigenvalue weighted by Gasteiger charge is 2.17. The molecule has 0 bridgehead atoms. The van der Waals surface area contributed by atoms with Crippen molar-refractivity contribution in [2.24, 2.45) is 0 Å². The van der Waals surface area contributed by atoms with Gasteiger partial charge in [-0.05, 0) is 23.6 Å². The normalized spacial score (nSPS) is 12.8. The Morgan fingerprint density at radius 3 is 2.78 bits per heavy atom. The Morgan fingerprint density at radius 2 is 2.17 bits per heavy atom. The number of hydrogen-bond donors (Lipinski definition) is 1. The molecule has 0 aliphatic heterocycles. The number of thiophene rings is 2. The number of ether oxygens (including phenoxy) is 1. The van der Waals surface area contributed by atoms with E-state index in [2.05, 4.69) is 11.5 Å². The van der Waals surface area contributed by atoms with Gasteiger partial charge in [-0.15, -0.1) is 22.7 Å². The Labute approximate surface area is 119 Å². The summed E-state index contributed by atoms with van der Waals surface area (Å²) in [6.45, 7) is 1.08. The fraction of sp³-hybridized carbons (Fsp3) is 0.333. The molecule has 2 aromatic heterocycles. The summed E-state index contributed by atoms with van der Waals surface area (Å²) in [4.78, 5) is 7.76. The van der Waals surface area contributed by atoms with Crippen molar-refractivity contribution in [1.82, 2.24) is 5.48 Å². The van der Waals surface area contributed by atoms with E-state index in [-0.39, 0.29) is 6.04 Å². The second-order valence-corrected chi connectivity index (χ2v) is 6.28. The summed E-state index contributed by atoms with van der Waals surface area (Å²) >= 11 is 9.23. The Balaban J connectivity index is 2.04. The first-order chi connectivity index (χ1) is 8.81. The number of methoxy groups -OCH3 is 1. The van der Waals surface area contributed by atoms with Crippen LogP contribution < -0.4 is 5.48 Å². The number of rotatable bonds is 7. The molecule has 0 fully saturated rings. The molecule has 1 N–H and O–H groups in total. The Bertz CT molecular complexity index is 458. The van der Waals surface area contributed by atoms with Crippen molar-refractivity contribution in [1.29, 1.82) is 0 Å². The van der Waals surface area contributed by atoms with E-state index in [1.165, 1.54) is 4.88 Å². The molecule has 3 nitrogen and oxygen atoms in total. The third-order valence-electron chi connectivity index (χ3n) is 2.30. The van der Waals surface area contributed by atoms with Crippen LogP contribution in [0.5, 0.6) is 0 Å². The lowest BCUT2D eigenvalue weighted by Crippen LogP contribution is -2.23. The van der Waals surface area contributed by atoms with E-state index in [1.807, 2.05) is 23.6 Å². The van der Waals surface area contributed by atoms with E-state index in [4.69, 9.17) is 21.2 Å². The van der Waals surface area contributed by atoms with E-state index >= 15 is 0 Å². The SMILES string of the molecule is COCCONC(c1cccs1)c1ccc(Cl)s1. The highest BCUT2D eigenvalue weighted by molar-refractivity contribution is 7.16. The van der Waals surface area contributed by atoms with Crippen LogP contribution >= 0.6 is 34.3 Å². The van der Waals surface area contributed by atoms with Crippen molar-refractivity contribution in [2.75, 3.05) is 20.3 Å². The summed E-state index contributed by atoms with van der Waals surface area (Å²) < 4.78 is 5.73. The van der Waals surface area contributed by atoms with Crippen LogP contribution in [-0.2, 0) is 9.57 Å². The third kappa shape index (κ3) is 3.78. The monoisotopic (exact) mass is 303 g/mol. The van der Waals surface area contributed by atoms with Gasteiger partial charge in [-0.1, -0.05) is 17.7 Å². The zero-order valence-electron chi connectivity index (χ0n) is 9.89. The summed E-state index contributed by atoms with van der Waals surface area (Å²) in [6.07, 6.45) is 0. The molecule has 0 saturated heterocycles. The predicted molar refractivity (Wildman–Crippen MR) is 76.5 cm³/mol. The smallest absolute Gasteiger partial charge is 0.101 e. The number of nitrogens with one attached hydrogen (secondary N) is 1. The molecule has 98 valence electrons. The highest BCUT2D eigenvalue weighted by Crippen LogP contribution is 2.32. The first kappa shape index (κ1) is 14.0. The van der Waals surface area contributed by atoms with Crippen LogP contribution in [0.15, 0.2) is 29.6 Å². The van der Waals surface area contributed by atoms with Gasteiger partial charge in [0.2, 0.25) is 0 Å². The molecule has 2 heterocycles. The van der Waals surface area contributed by atoms with Crippen molar-refractivity contribution in [3.8, 4) is 0 Å². The van der Waals surface area contributed by atoms with Crippen LogP contribution in [0.1, 0.15) is 15.8 Å². The molecule has 2 rings (SSSR count). The van der Waals surface area contributed by atoms with Crippen LogP contribution in [0.3, 0.4) is 0 Å². The molecule has 0 aliphatic carbocycles. The standard InChI is InChI=1S/C12H14ClNO2S2/c1-15-6-7-16-14-12(9-3-2-8-17-9)10-4-5-11(13)18-10/h2-5,8,12,14H,6-7H2,1H3. The minimum absolute atomic E-state index is 0.0272. The number of hydroxylamine groups is 1. The quantitative estimate of drug-likeness (QED) is 0.624. The molecule has 0 spiro atoms. The van der Waals surface area contributed by atoms with Gasteiger partial charge in [0.25, 0.3) is 0 Å². The van der Waals surface area contributed by atoms with E-state index in [1.54, 1.807) is 29.8 Å². The lowest BCUT2D eigenvalue weighted by molar-refractivity contribution is -0.00466. The summed E-state index contributed by atoms with van der Waals surface area (Å²) in [5.41, 5.74) is 3.07. The van der Waals surface area contributed by atoms with Gasteiger partial charge < -0.3 is 4.74 Å². The van der Waals surface area contributed by atoms with Gasteiger partial charge >= 0.3 is 0 Å². The van der Waals surface area contributed by atoms with Crippen molar-refractivity contribution < 1.29 is 9.57 Å². The molecular formula is C12H14ClNO2S2. The van der Waals surface area contributed by atoms with Crippen molar-refractivity contribution in [3.63, 3.8) is 0 Å². The van der Waals surface area contributed by atoms with Gasteiger partial charge in [0.1, 0.15) is 6.04 Å². The minimum Gasteiger partial charge on any atom is -0.382 e. The first-order valence-corrected chi connectivity index (χ1v) is 7.53. The summed E-state index contributed by atoms with van der Waals surface area (Å²) in [7, 11) is 1.65. The Hall–Kier alpha value is -0.430. The van der Waals surface area contributed by atoms with E-state index in [0.717, 1.165) is 9.21 Å². The van der Waals surface area contributed by atoms with Gasteiger partial charge in [-0.3, -0.25) is 4.84 Å². The second kappa shape index (κ2) is 7.23. The van der Waals surface area contributed by atoms with Gasteiger partial charge in [0.05, 0.1) is 17.6 Å². The minimum atomic E-state index is 0.0272. The van der Waals surface area contributed by atoms with Crippen LogP contribution in [0.2, 0.25) is 4.34 Å². The average molecular weight is 304 g/mol. The van der Waals surface area contributed by atoms with E-state index in [9.17, 15) is 0 Å². The molecular weight excluding hydrogens is 290 g/mol. The molecule has 0 radical (unpaired) electrons. The van der Waals surface area contributed by atoms with Crippen LogP contribution in [0.25, 0.3) is 0 Å². The number of halogens is 1. The fourth-order valence-corrected chi connectivity index (χ4v) is 3.44. The Kier molecular flexibility index (Phi) is 5.62. The zero-order chi connectivity index (χ0) is 12.8. The van der Waals surface area contributed by atoms with Crippen LogP contribution in [0, 0.1) is 0 Å². The van der Waals surface area contributed by atoms with Crippen molar-refractivity contribution >= 4 is 34.3 Å². The third-order valence-corrected chi connectivity index (χ3v) is 4.53. The Morgan fingerprint density at radius 1 is 1.28 bits per heavy atom. The maximum Gasteiger partial charge on any atom is 0.101 e. The average Bonchev–Trinajstić information content (AvgIpc) is 3.01. The van der Waals surface area contributed by atoms with Gasteiger partial charge in [0.15, 0.2) is 0 Å². The molecule has 1 unspecified atom stereocenters. The molecule has 0 aromatic carbocycles. The van der Waals surface area contributed by atoms with Gasteiger partial charge in [-0.2, -0.15) is 5.48 Å². The van der Waals surface area contributed by atoms with Crippen molar-refractivity contribution in [3.05, 3.63) is 43.7 Å². The van der Waals surface area contributed by atoms with Gasteiger partial charge in [-0.25, -0.2) is 0 Å². The largest absolute Gasteiger partial charge is 0.382 e. The molecule has 6 heteroatoms. The zero-order valence-corrected chi connectivity index (χ0v) is 12.3. The summed E-state index contributed by atoms with van der Waals surface area (Å²) in [5.74, 6) is 0. The molecule has 0 saturated carbocycles. The molecule has 0 aliphatic rings. The van der Waals surface area contributed by atoms with Crippen LogP contribution in [0.4, 0.5) is 0 Å². The predicted octanol–water partition coefficient (Wildman–Crippen LogP) is 3.72. The molecule has 2 aromatic rings. The molecule has 1 atom stereocenters. The number of hydrogen-bond acceptors (Lipinski definition) is 5. The van der Waals surface area contributed by atoms with Gasteiger partial charge in [0, 0.05) is 16.9 Å². The van der Waals surface area contributed by atoms with E-state index in [0.29, 0.717) is 13.2 Å². The lowest BCUT2D eigenvalue weighted by Gasteiger charge is -2.15. The fourth-order valence-electron chi connectivity index (χ4n) is 1.46. The highest BCUT2D eigenvalue weighted by atomic mass is 35.5.